The van der Waals surface area contributed by atoms with Gasteiger partial charge in [0.25, 0.3) is 0 Å². The summed E-state index contributed by atoms with van der Waals surface area (Å²) in [6, 6.07) is 11.0. The van der Waals surface area contributed by atoms with E-state index >= 15 is 0 Å². The third-order valence-corrected chi connectivity index (χ3v) is 6.32. The number of piperidine rings is 1. The Morgan fingerprint density at radius 1 is 1.03 bits per heavy atom. The van der Waals surface area contributed by atoms with Gasteiger partial charge in [-0.2, -0.15) is 13.2 Å². The fourth-order valence-electron chi connectivity index (χ4n) is 4.29. The molecule has 0 bridgehead atoms. The first kappa shape index (κ1) is 21.7. The second-order valence-electron chi connectivity index (χ2n) is 8.67. The van der Waals surface area contributed by atoms with Gasteiger partial charge in [0.1, 0.15) is 0 Å². The number of nitrogens with one attached hydrogen (secondary N) is 1. The highest BCUT2D eigenvalue weighted by Crippen LogP contribution is 2.43. The minimum Gasteiger partial charge on any atom is -0.478 e. The van der Waals surface area contributed by atoms with E-state index in [1.807, 2.05) is 0 Å². The molecular weight excluding hydrogens is 405 g/mol. The molecule has 2 aromatic rings. The number of benzene rings is 2. The van der Waals surface area contributed by atoms with Crippen LogP contribution in [0.1, 0.15) is 58.6 Å². The number of anilines is 1. The molecule has 0 unspecified atom stereocenters. The van der Waals surface area contributed by atoms with Crippen molar-refractivity contribution < 1.29 is 23.1 Å². The van der Waals surface area contributed by atoms with Crippen molar-refractivity contribution in [3.63, 3.8) is 0 Å². The van der Waals surface area contributed by atoms with E-state index in [9.17, 15) is 18.0 Å². The molecular formula is C24H27F3N2O2. The molecule has 4 nitrogen and oxygen atoms in total. The Labute approximate surface area is 180 Å². The summed E-state index contributed by atoms with van der Waals surface area (Å²) in [6.07, 6.45) is -0.201. The fourth-order valence-corrected chi connectivity index (χ4v) is 4.29. The zero-order chi connectivity index (χ0) is 22.0. The Morgan fingerprint density at radius 3 is 2.29 bits per heavy atom. The van der Waals surface area contributed by atoms with Gasteiger partial charge >= 0.3 is 12.1 Å². The number of carboxylic acids is 1. The molecule has 1 aliphatic carbocycles. The predicted molar refractivity (Wildman–Crippen MR) is 113 cm³/mol. The van der Waals surface area contributed by atoms with E-state index in [0.717, 1.165) is 62.1 Å². The van der Waals surface area contributed by atoms with Crippen LogP contribution in [0, 0.1) is 5.92 Å². The van der Waals surface area contributed by atoms with E-state index in [4.69, 9.17) is 5.11 Å². The predicted octanol–water partition coefficient (Wildman–Crippen LogP) is 5.61. The van der Waals surface area contributed by atoms with Gasteiger partial charge in [0.2, 0.25) is 0 Å². The molecule has 2 aliphatic rings. The Balaban J connectivity index is 1.30. The third kappa shape index (κ3) is 5.58. The molecule has 0 aromatic heterocycles. The smallest absolute Gasteiger partial charge is 0.416 e. The van der Waals surface area contributed by atoms with Crippen molar-refractivity contribution in [2.24, 2.45) is 5.92 Å². The van der Waals surface area contributed by atoms with E-state index in [1.54, 1.807) is 30.3 Å². The molecule has 4 rings (SSSR count). The highest BCUT2D eigenvalue weighted by atomic mass is 19.4. The fraction of sp³-hybridized carbons (Fsp3) is 0.458. The van der Waals surface area contributed by atoms with Crippen LogP contribution < -0.4 is 5.32 Å². The zero-order valence-corrected chi connectivity index (χ0v) is 17.3. The van der Waals surface area contributed by atoms with Crippen LogP contribution in [0.2, 0.25) is 0 Å². The summed E-state index contributed by atoms with van der Waals surface area (Å²) in [4.78, 5) is 13.2. The van der Waals surface area contributed by atoms with Crippen molar-refractivity contribution >= 4 is 11.7 Å². The average Bonchev–Trinajstić information content (AvgIpc) is 3.58. The van der Waals surface area contributed by atoms with E-state index in [-0.39, 0.29) is 5.56 Å². The summed E-state index contributed by atoms with van der Waals surface area (Å²) in [7, 11) is 0. The second kappa shape index (κ2) is 8.91. The van der Waals surface area contributed by atoms with Crippen molar-refractivity contribution in [3.8, 4) is 0 Å². The summed E-state index contributed by atoms with van der Waals surface area (Å²) < 4.78 is 39.5. The number of rotatable bonds is 7. The molecule has 166 valence electrons. The maximum absolute atomic E-state index is 13.2. The molecule has 1 aliphatic heterocycles. The number of hydrogen-bond donors (Lipinski definition) is 2. The quantitative estimate of drug-likeness (QED) is 0.598. The number of likely N-dealkylation sites (tertiary alicyclic amines) is 1. The average molecular weight is 432 g/mol. The SMILES string of the molecule is O=C(O)c1ccc(NCC2CCN(Cc3cc(C(F)(F)F)ccc3C3CC3)CC2)cc1. The van der Waals surface area contributed by atoms with Crippen molar-refractivity contribution in [3.05, 3.63) is 64.7 Å². The van der Waals surface area contributed by atoms with Crippen LogP contribution in [0.15, 0.2) is 42.5 Å². The van der Waals surface area contributed by atoms with Crippen LogP contribution in [-0.4, -0.2) is 35.6 Å². The maximum Gasteiger partial charge on any atom is 0.416 e. The third-order valence-electron chi connectivity index (χ3n) is 6.32. The van der Waals surface area contributed by atoms with Crippen LogP contribution in [0.25, 0.3) is 0 Å². The highest BCUT2D eigenvalue weighted by Gasteiger charge is 2.33. The molecule has 0 spiro atoms. The molecule has 1 heterocycles. The number of carbonyl (C=O) groups is 1. The van der Waals surface area contributed by atoms with Gasteiger partial charge in [-0.15, -0.1) is 0 Å². The number of hydrogen-bond acceptors (Lipinski definition) is 3. The second-order valence-corrected chi connectivity index (χ2v) is 8.67. The molecule has 0 radical (unpaired) electrons. The Hall–Kier alpha value is -2.54. The van der Waals surface area contributed by atoms with E-state index in [2.05, 4.69) is 10.2 Å². The maximum atomic E-state index is 13.2. The Kier molecular flexibility index (Phi) is 6.23. The van der Waals surface area contributed by atoms with Crippen LogP contribution in [-0.2, 0) is 12.7 Å². The van der Waals surface area contributed by atoms with Crippen molar-refractivity contribution in [1.82, 2.24) is 4.90 Å². The summed E-state index contributed by atoms with van der Waals surface area (Å²) in [5.41, 5.74) is 2.51. The number of alkyl halides is 3. The van der Waals surface area contributed by atoms with E-state index < -0.39 is 17.7 Å². The zero-order valence-electron chi connectivity index (χ0n) is 17.3. The van der Waals surface area contributed by atoms with Gasteiger partial charge in [0.15, 0.2) is 0 Å². The van der Waals surface area contributed by atoms with E-state index in [0.29, 0.717) is 18.4 Å². The van der Waals surface area contributed by atoms with Crippen molar-refractivity contribution in [1.29, 1.82) is 0 Å². The monoisotopic (exact) mass is 432 g/mol. The molecule has 0 atom stereocenters. The highest BCUT2D eigenvalue weighted by molar-refractivity contribution is 5.87. The van der Waals surface area contributed by atoms with Gasteiger partial charge < -0.3 is 10.4 Å². The minimum absolute atomic E-state index is 0.263. The summed E-state index contributed by atoms with van der Waals surface area (Å²) in [6.45, 7) is 3.11. The molecule has 7 heteroatoms. The topological polar surface area (TPSA) is 52.6 Å². The summed E-state index contributed by atoms with van der Waals surface area (Å²) in [5, 5.41) is 12.3. The number of halogens is 3. The largest absolute Gasteiger partial charge is 0.478 e. The van der Waals surface area contributed by atoms with Gasteiger partial charge in [0.05, 0.1) is 11.1 Å². The first-order chi connectivity index (χ1) is 14.8. The first-order valence-electron chi connectivity index (χ1n) is 10.8. The summed E-state index contributed by atoms with van der Waals surface area (Å²) in [5.74, 6) is -0.0316. The number of carboxylic acid groups (broad SMARTS) is 1. The lowest BCUT2D eigenvalue weighted by atomic mass is 9.94. The van der Waals surface area contributed by atoms with Gasteiger partial charge in [-0.25, -0.2) is 4.79 Å². The molecule has 2 N–H and O–H groups in total. The molecule has 1 saturated heterocycles. The van der Waals surface area contributed by atoms with Crippen LogP contribution in [0.3, 0.4) is 0 Å². The molecule has 2 aromatic carbocycles. The molecule has 31 heavy (non-hydrogen) atoms. The molecule has 0 amide bonds. The van der Waals surface area contributed by atoms with Gasteiger partial charge in [-0.1, -0.05) is 6.07 Å². The lowest BCUT2D eigenvalue weighted by Crippen LogP contribution is -2.35. The van der Waals surface area contributed by atoms with Crippen LogP contribution in [0.4, 0.5) is 18.9 Å². The summed E-state index contributed by atoms with van der Waals surface area (Å²) >= 11 is 0. The van der Waals surface area contributed by atoms with Crippen molar-refractivity contribution in [2.45, 2.75) is 44.3 Å². The molecule has 2 fully saturated rings. The normalized spacial score (nSPS) is 18.2. The standard InChI is InChI=1S/C24H27F3N2O2/c25-24(26,27)20-5-8-22(17-1-2-17)19(13-20)15-29-11-9-16(10-12-29)14-28-21-6-3-18(4-7-21)23(30)31/h3-8,13,16-17,28H,1-2,9-12,14-15H2,(H,30,31). The van der Waals surface area contributed by atoms with Crippen LogP contribution in [0.5, 0.6) is 0 Å². The van der Waals surface area contributed by atoms with Gasteiger partial charge in [0, 0.05) is 18.8 Å². The lowest BCUT2D eigenvalue weighted by molar-refractivity contribution is -0.137. The lowest BCUT2D eigenvalue weighted by Gasteiger charge is -2.33. The molecule has 1 saturated carbocycles. The van der Waals surface area contributed by atoms with Gasteiger partial charge in [-0.05, 0) is 98.1 Å². The minimum atomic E-state index is -4.31. The first-order valence-corrected chi connectivity index (χ1v) is 10.8. The Bertz CT molecular complexity index is 915. The van der Waals surface area contributed by atoms with Crippen molar-refractivity contribution in [2.75, 3.05) is 25.0 Å². The van der Waals surface area contributed by atoms with Crippen LogP contribution >= 0.6 is 0 Å². The number of nitrogens with zero attached hydrogens (tertiary/aromatic N) is 1. The number of aromatic carboxylic acids is 1. The Morgan fingerprint density at radius 2 is 1.71 bits per heavy atom. The van der Waals surface area contributed by atoms with Gasteiger partial charge in [-0.3, -0.25) is 4.90 Å². The van der Waals surface area contributed by atoms with E-state index in [1.165, 1.54) is 12.1 Å².